The number of hydrogen-bond donors (Lipinski definition) is 3. The summed E-state index contributed by atoms with van der Waals surface area (Å²) in [7, 11) is 0. The van der Waals surface area contributed by atoms with Gasteiger partial charge < -0.3 is 20.8 Å². The van der Waals surface area contributed by atoms with Crippen molar-refractivity contribution in [3.05, 3.63) is 23.8 Å². The summed E-state index contributed by atoms with van der Waals surface area (Å²) in [5.41, 5.74) is 5.05. The van der Waals surface area contributed by atoms with Crippen LogP contribution < -0.4 is 5.73 Å². The quantitative estimate of drug-likeness (QED) is 0.689. The zero-order chi connectivity index (χ0) is 13.3. The van der Waals surface area contributed by atoms with Gasteiger partial charge in [0.15, 0.2) is 0 Å². The second-order valence-electron chi connectivity index (χ2n) is 4.31. The van der Waals surface area contributed by atoms with Crippen molar-refractivity contribution < 1.29 is 19.8 Å². The smallest absolute Gasteiger partial charge is 0.261 e. The van der Waals surface area contributed by atoms with Crippen LogP contribution in [0, 0.1) is 5.92 Å². The van der Waals surface area contributed by atoms with Crippen LogP contribution in [0.5, 0.6) is 11.5 Å². The number of amides is 2. The third-order valence-electron chi connectivity index (χ3n) is 3.11. The van der Waals surface area contributed by atoms with E-state index in [4.69, 9.17) is 5.73 Å². The van der Waals surface area contributed by atoms with E-state index in [-0.39, 0.29) is 29.5 Å². The van der Waals surface area contributed by atoms with Crippen molar-refractivity contribution in [3.63, 3.8) is 0 Å². The van der Waals surface area contributed by atoms with Crippen LogP contribution in [-0.4, -0.2) is 40.0 Å². The molecule has 1 atom stereocenters. The molecule has 1 heterocycles. The van der Waals surface area contributed by atoms with Crippen LogP contribution in [0.2, 0.25) is 0 Å². The van der Waals surface area contributed by atoms with Gasteiger partial charge in [0.2, 0.25) is 5.91 Å². The Labute approximate surface area is 104 Å². The van der Waals surface area contributed by atoms with Crippen molar-refractivity contribution in [2.24, 2.45) is 11.7 Å². The Hall–Kier alpha value is -2.24. The Morgan fingerprint density at radius 2 is 1.89 bits per heavy atom. The fourth-order valence-corrected chi connectivity index (χ4v) is 2.08. The summed E-state index contributed by atoms with van der Waals surface area (Å²) in [5.74, 6) is -1.84. The number of phenolic OH excluding ortho intramolecular Hbond substituents is 2. The lowest BCUT2D eigenvalue weighted by atomic mass is 10.1. The molecule has 1 aromatic carbocycles. The van der Waals surface area contributed by atoms with Gasteiger partial charge in [-0.05, 0) is 18.6 Å². The van der Waals surface area contributed by atoms with Crippen LogP contribution in [0.4, 0.5) is 0 Å². The summed E-state index contributed by atoms with van der Waals surface area (Å²) >= 11 is 0. The molecule has 4 N–H and O–H groups in total. The first-order chi connectivity index (χ1) is 8.50. The summed E-state index contributed by atoms with van der Waals surface area (Å²) in [6.07, 6.45) is 0.509. The second-order valence-corrected chi connectivity index (χ2v) is 4.31. The van der Waals surface area contributed by atoms with Gasteiger partial charge in [0.05, 0.1) is 5.92 Å². The zero-order valence-electron chi connectivity index (χ0n) is 9.67. The highest BCUT2D eigenvalue weighted by Crippen LogP contribution is 2.29. The molecular weight excluding hydrogens is 236 g/mol. The Kier molecular flexibility index (Phi) is 3.10. The van der Waals surface area contributed by atoms with E-state index in [1.54, 1.807) is 0 Å². The molecule has 6 heteroatoms. The molecule has 0 saturated carbocycles. The highest BCUT2D eigenvalue weighted by Gasteiger charge is 2.32. The van der Waals surface area contributed by atoms with Gasteiger partial charge in [-0.15, -0.1) is 0 Å². The first kappa shape index (κ1) is 12.2. The first-order valence-electron chi connectivity index (χ1n) is 5.60. The molecule has 1 fully saturated rings. The van der Waals surface area contributed by atoms with E-state index in [0.29, 0.717) is 13.0 Å². The van der Waals surface area contributed by atoms with E-state index in [2.05, 4.69) is 0 Å². The van der Waals surface area contributed by atoms with Gasteiger partial charge in [0, 0.05) is 13.1 Å². The number of nitrogens with two attached hydrogens (primary N) is 1. The number of primary amides is 1. The van der Waals surface area contributed by atoms with E-state index < -0.39 is 11.8 Å². The van der Waals surface area contributed by atoms with Crippen molar-refractivity contribution in [1.82, 2.24) is 4.90 Å². The minimum absolute atomic E-state index is 0.136. The topological polar surface area (TPSA) is 104 Å². The van der Waals surface area contributed by atoms with Crippen LogP contribution in [0.3, 0.4) is 0 Å². The number of hydrogen-bond acceptors (Lipinski definition) is 4. The largest absolute Gasteiger partial charge is 0.507 e. The number of carbonyl (C=O) groups is 2. The van der Waals surface area contributed by atoms with Gasteiger partial charge in [0.1, 0.15) is 17.1 Å². The van der Waals surface area contributed by atoms with Gasteiger partial charge in [0.25, 0.3) is 5.91 Å². The summed E-state index contributed by atoms with van der Waals surface area (Å²) < 4.78 is 0. The molecule has 1 unspecified atom stereocenters. The van der Waals surface area contributed by atoms with Gasteiger partial charge in [-0.2, -0.15) is 0 Å². The average molecular weight is 250 g/mol. The molecular formula is C12H14N2O4. The summed E-state index contributed by atoms with van der Waals surface area (Å²) in [6.45, 7) is 0.613. The van der Waals surface area contributed by atoms with Crippen LogP contribution in [0.15, 0.2) is 18.2 Å². The normalized spacial score (nSPS) is 18.9. The lowest BCUT2D eigenvalue weighted by Crippen LogP contribution is -2.31. The molecule has 2 amide bonds. The van der Waals surface area contributed by atoms with Gasteiger partial charge in [-0.3, -0.25) is 9.59 Å². The number of carbonyl (C=O) groups excluding carboxylic acids is 2. The lowest BCUT2D eigenvalue weighted by Gasteiger charge is -2.17. The molecule has 0 aliphatic carbocycles. The maximum atomic E-state index is 12.1. The number of benzene rings is 1. The van der Waals surface area contributed by atoms with Crippen molar-refractivity contribution in [2.75, 3.05) is 13.1 Å². The Morgan fingerprint density at radius 1 is 1.28 bits per heavy atom. The molecule has 2 rings (SSSR count). The second kappa shape index (κ2) is 4.56. The number of aromatic hydroxyl groups is 2. The van der Waals surface area contributed by atoms with Crippen molar-refractivity contribution in [1.29, 1.82) is 0 Å². The van der Waals surface area contributed by atoms with Gasteiger partial charge in [-0.1, -0.05) is 6.07 Å². The van der Waals surface area contributed by atoms with E-state index in [0.717, 1.165) is 0 Å². The number of phenols is 2. The number of likely N-dealkylation sites (tertiary alicyclic amines) is 1. The van der Waals surface area contributed by atoms with Crippen LogP contribution in [0.25, 0.3) is 0 Å². The molecule has 18 heavy (non-hydrogen) atoms. The third kappa shape index (κ3) is 2.09. The zero-order valence-corrected chi connectivity index (χ0v) is 9.67. The van der Waals surface area contributed by atoms with Crippen molar-refractivity contribution in [2.45, 2.75) is 6.42 Å². The Bertz CT molecular complexity index is 481. The SMILES string of the molecule is NC(=O)C1CCN(C(=O)c2c(O)cccc2O)C1. The summed E-state index contributed by atoms with van der Waals surface area (Å²) in [5, 5.41) is 19.2. The average Bonchev–Trinajstić information content (AvgIpc) is 2.77. The van der Waals surface area contributed by atoms with E-state index in [1.165, 1.54) is 23.1 Å². The molecule has 1 saturated heterocycles. The number of rotatable bonds is 2. The van der Waals surface area contributed by atoms with Gasteiger partial charge in [-0.25, -0.2) is 0 Å². The third-order valence-corrected chi connectivity index (χ3v) is 3.11. The molecule has 1 aliphatic rings. The van der Waals surface area contributed by atoms with Crippen LogP contribution in [-0.2, 0) is 4.79 Å². The first-order valence-corrected chi connectivity index (χ1v) is 5.60. The number of nitrogens with zero attached hydrogens (tertiary/aromatic N) is 1. The molecule has 1 aromatic rings. The van der Waals surface area contributed by atoms with Crippen molar-refractivity contribution >= 4 is 11.8 Å². The molecule has 6 nitrogen and oxygen atoms in total. The maximum absolute atomic E-state index is 12.1. The molecule has 0 radical (unpaired) electrons. The lowest BCUT2D eigenvalue weighted by molar-refractivity contribution is -0.121. The summed E-state index contributed by atoms with van der Waals surface area (Å²) in [4.78, 5) is 24.5. The molecule has 0 spiro atoms. The summed E-state index contributed by atoms with van der Waals surface area (Å²) in [6, 6.07) is 4.10. The fraction of sp³-hybridized carbons (Fsp3) is 0.333. The van der Waals surface area contributed by atoms with Crippen molar-refractivity contribution in [3.8, 4) is 11.5 Å². The van der Waals surface area contributed by atoms with E-state index >= 15 is 0 Å². The standard InChI is InChI=1S/C12H14N2O4/c13-11(17)7-4-5-14(6-7)12(18)10-8(15)2-1-3-9(10)16/h1-3,7,15-16H,4-6H2,(H2,13,17). The fourth-order valence-electron chi connectivity index (χ4n) is 2.08. The molecule has 0 bridgehead atoms. The minimum Gasteiger partial charge on any atom is -0.507 e. The van der Waals surface area contributed by atoms with E-state index in [9.17, 15) is 19.8 Å². The highest BCUT2D eigenvalue weighted by atomic mass is 16.3. The molecule has 0 aromatic heterocycles. The van der Waals surface area contributed by atoms with Crippen LogP contribution in [0.1, 0.15) is 16.8 Å². The monoisotopic (exact) mass is 250 g/mol. The van der Waals surface area contributed by atoms with E-state index in [1.807, 2.05) is 0 Å². The minimum atomic E-state index is -0.491. The molecule has 1 aliphatic heterocycles. The predicted molar refractivity (Wildman–Crippen MR) is 63.0 cm³/mol. The Morgan fingerprint density at radius 3 is 2.39 bits per heavy atom. The highest BCUT2D eigenvalue weighted by molar-refractivity contribution is 6.00. The van der Waals surface area contributed by atoms with Gasteiger partial charge >= 0.3 is 0 Å². The molecule has 96 valence electrons. The van der Waals surface area contributed by atoms with Crippen LogP contribution >= 0.6 is 0 Å². The maximum Gasteiger partial charge on any atom is 0.261 e. The predicted octanol–water partition coefficient (Wildman–Crippen LogP) is 0.0452. The Balaban J connectivity index is 2.21.